The fourth-order valence-electron chi connectivity index (χ4n) is 3.91. The summed E-state index contributed by atoms with van der Waals surface area (Å²) in [7, 11) is 0. The standard InChI is InChI=1S/C30H20Br2ClN3O2/c31-22-14-21(29(26(32)15-22)38-18-19-10-12-23(33)13-11-19)17-34-36-30(37)25-16-28(20-6-2-1-3-7-20)35-27-9-5-4-8-24(25)27/h1-17H,18H2,(H,36,37)/b34-17-. The maximum atomic E-state index is 13.3. The summed E-state index contributed by atoms with van der Waals surface area (Å²) in [5.41, 5.74) is 7.19. The molecule has 0 fully saturated rings. The summed E-state index contributed by atoms with van der Waals surface area (Å²) < 4.78 is 7.68. The van der Waals surface area contributed by atoms with Gasteiger partial charge in [0.15, 0.2) is 0 Å². The van der Waals surface area contributed by atoms with Crippen molar-refractivity contribution < 1.29 is 9.53 Å². The highest BCUT2D eigenvalue weighted by Crippen LogP contribution is 2.33. The van der Waals surface area contributed by atoms with Crippen LogP contribution in [0.25, 0.3) is 22.2 Å². The Morgan fingerprint density at radius 2 is 1.68 bits per heavy atom. The number of carbonyl (C=O) groups is 1. The second-order valence-corrected chi connectivity index (χ2v) is 10.6. The van der Waals surface area contributed by atoms with Crippen LogP contribution < -0.4 is 10.2 Å². The monoisotopic (exact) mass is 647 g/mol. The molecule has 0 spiro atoms. The van der Waals surface area contributed by atoms with Gasteiger partial charge < -0.3 is 4.74 Å². The summed E-state index contributed by atoms with van der Waals surface area (Å²) >= 11 is 13.1. The lowest BCUT2D eigenvalue weighted by molar-refractivity contribution is 0.0956. The normalized spacial score (nSPS) is 11.1. The zero-order chi connectivity index (χ0) is 26.5. The number of fused-ring (bicyclic) bond motifs is 1. The van der Waals surface area contributed by atoms with Gasteiger partial charge in [0.2, 0.25) is 0 Å². The van der Waals surface area contributed by atoms with Crippen LogP contribution in [-0.2, 0) is 6.61 Å². The maximum Gasteiger partial charge on any atom is 0.272 e. The SMILES string of the molecule is O=C(N/N=C\c1cc(Br)cc(Br)c1OCc1ccc(Cl)cc1)c1cc(-c2ccccc2)nc2ccccc12. The highest BCUT2D eigenvalue weighted by Gasteiger charge is 2.14. The molecule has 188 valence electrons. The Morgan fingerprint density at radius 3 is 2.47 bits per heavy atom. The number of amides is 1. The number of hydrogen-bond acceptors (Lipinski definition) is 4. The predicted octanol–water partition coefficient (Wildman–Crippen LogP) is 8.42. The van der Waals surface area contributed by atoms with E-state index in [1.807, 2.05) is 91.0 Å². The molecule has 4 aromatic carbocycles. The molecular formula is C30H20Br2ClN3O2. The van der Waals surface area contributed by atoms with Crippen LogP contribution in [0, 0.1) is 0 Å². The van der Waals surface area contributed by atoms with E-state index in [0.717, 1.165) is 31.0 Å². The zero-order valence-corrected chi connectivity index (χ0v) is 23.8. The molecule has 0 bridgehead atoms. The number of pyridine rings is 1. The van der Waals surface area contributed by atoms with E-state index in [2.05, 4.69) is 42.4 Å². The van der Waals surface area contributed by atoms with E-state index in [4.69, 9.17) is 21.3 Å². The van der Waals surface area contributed by atoms with Crippen molar-refractivity contribution in [3.8, 4) is 17.0 Å². The van der Waals surface area contributed by atoms with Gasteiger partial charge in [-0.3, -0.25) is 4.79 Å². The number of halogens is 3. The summed E-state index contributed by atoms with van der Waals surface area (Å²) in [4.78, 5) is 18.0. The van der Waals surface area contributed by atoms with Gasteiger partial charge in [0.05, 0.1) is 27.5 Å². The van der Waals surface area contributed by atoms with Crippen LogP contribution in [0.4, 0.5) is 0 Å². The molecule has 1 heterocycles. The molecule has 0 saturated heterocycles. The lowest BCUT2D eigenvalue weighted by atomic mass is 10.0. The van der Waals surface area contributed by atoms with Crippen LogP contribution in [0.15, 0.2) is 111 Å². The van der Waals surface area contributed by atoms with Crippen molar-refractivity contribution >= 4 is 66.5 Å². The Bertz CT molecular complexity index is 1640. The van der Waals surface area contributed by atoms with Crippen LogP contribution in [0.3, 0.4) is 0 Å². The molecular weight excluding hydrogens is 630 g/mol. The second kappa shape index (κ2) is 11.9. The number of para-hydroxylation sites is 1. The molecule has 5 nitrogen and oxygen atoms in total. The van der Waals surface area contributed by atoms with Crippen LogP contribution in [0.5, 0.6) is 5.75 Å². The largest absolute Gasteiger partial charge is 0.487 e. The van der Waals surface area contributed by atoms with Crippen LogP contribution in [-0.4, -0.2) is 17.1 Å². The Morgan fingerprint density at radius 1 is 0.947 bits per heavy atom. The zero-order valence-electron chi connectivity index (χ0n) is 19.9. The minimum atomic E-state index is -0.338. The summed E-state index contributed by atoms with van der Waals surface area (Å²) in [6, 6.07) is 30.3. The Hall–Kier alpha value is -3.52. The van der Waals surface area contributed by atoms with Crippen molar-refractivity contribution in [2.75, 3.05) is 0 Å². The predicted molar refractivity (Wildman–Crippen MR) is 160 cm³/mol. The van der Waals surface area contributed by atoms with Gasteiger partial charge in [-0.2, -0.15) is 5.10 Å². The molecule has 8 heteroatoms. The number of nitrogens with zero attached hydrogens (tertiary/aromatic N) is 2. The highest BCUT2D eigenvalue weighted by molar-refractivity contribution is 9.11. The van der Waals surface area contributed by atoms with Crippen molar-refractivity contribution in [3.63, 3.8) is 0 Å². The molecule has 1 N–H and O–H groups in total. The Balaban J connectivity index is 1.40. The first-order chi connectivity index (χ1) is 18.5. The van der Waals surface area contributed by atoms with Crippen molar-refractivity contribution in [1.29, 1.82) is 0 Å². The highest BCUT2D eigenvalue weighted by atomic mass is 79.9. The van der Waals surface area contributed by atoms with Crippen LogP contribution in [0.1, 0.15) is 21.5 Å². The first-order valence-electron chi connectivity index (χ1n) is 11.6. The van der Waals surface area contributed by atoms with E-state index in [9.17, 15) is 4.79 Å². The fraction of sp³-hybridized carbons (Fsp3) is 0.0333. The van der Waals surface area contributed by atoms with Gasteiger partial charge in [-0.05, 0) is 57.9 Å². The third kappa shape index (κ3) is 6.13. The van der Waals surface area contributed by atoms with E-state index in [-0.39, 0.29) is 5.91 Å². The number of hydrazone groups is 1. The summed E-state index contributed by atoms with van der Waals surface area (Å²) in [6.45, 7) is 0.343. The van der Waals surface area contributed by atoms with Gasteiger partial charge in [0.1, 0.15) is 12.4 Å². The molecule has 38 heavy (non-hydrogen) atoms. The van der Waals surface area contributed by atoms with E-state index in [0.29, 0.717) is 34.2 Å². The molecule has 0 atom stereocenters. The number of ether oxygens (including phenoxy) is 1. The van der Waals surface area contributed by atoms with Gasteiger partial charge in [0, 0.05) is 26.0 Å². The van der Waals surface area contributed by atoms with E-state index in [1.54, 1.807) is 12.3 Å². The summed E-state index contributed by atoms with van der Waals surface area (Å²) in [6.07, 6.45) is 1.56. The Labute approximate surface area is 241 Å². The van der Waals surface area contributed by atoms with Gasteiger partial charge >= 0.3 is 0 Å². The minimum Gasteiger partial charge on any atom is -0.487 e. The second-order valence-electron chi connectivity index (χ2n) is 8.36. The average molecular weight is 650 g/mol. The lowest BCUT2D eigenvalue weighted by Crippen LogP contribution is -2.18. The first-order valence-corrected chi connectivity index (χ1v) is 13.6. The number of hydrogen-bond donors (Lipinski definition) is 1. The molecule has 1 aromatic heterocycles. The number of aromatic nitrogens is 1. The topological polar surface area (TPSA) is 63.6 Å². The number of nitrogens with one attached hydrogen (secondary N) is 1. The summed E-state index contributed by atoms with van der Waals surface area (Å²) in [5, 5.41) is 5.67. The van der Waals surface area contributed by atoms with Crippen molar-refractivity contribution in [1.82, 2.24) is 10.4 Å². The van der Waals surface area contributed by atoms with E-state index >= 15 is 0 Å². The van der Waals surface area contributed by atoms with E-state index < -0.39 is 0 Å². The molecule has 0 aliphatic heterocycles. The molecule has 0 radical (unpaired) electrons. The van der Waals surface area contributed by atoms with Crippen LogP contribution >= 0.6 is 43.5 Å². The first kappa shape index (κ1) is 26.1. The maximum absolute atomic E-state index is 13.3. The average Bonchev–Trinajstić information content (AvgIpc) is 2.93. The van der Waals surface area contributed by atoms with Gasteiger partial charge in [0.25, 0.3) is 5.91 Å². The molecule has 1 amide bonds. The van der Waals surface area contributed by atoms with Crippen molar-refractivity contribution in [3.05, 3.63) is 128 Å². The number of rotatable bonds is 7. The Kier molecular flexibility index (Phi) is 8.17. The molecule has 5 rings (SSSR count). The number of benzene rings is 4. The molecule has 0 unspecified atom stereocenters. The van der Waals surface area contributed by atoms with Gasteiger partial charge in [-0.15, -0.1) is 0 Å². The minimum absolute atomic E-state index is 0.338. The fourth-order valence-corrected chi connectivity index (χ4v) is 5.40. The molecule has 0 aliphatic rings. The summed E-state index contributed by atoms with van der Waals surface area (Å²) in [5.74, 6) is 0.261. The van der Waals surface area contributed by atoms with E-state index in [1.165, 1.54) is 0 Å². The molecule has 0 saturated carbocycles. The third-order valence-corrected chi connectivity index (χ3v) is 7.03. The van der Waals surface area contributed by atoms with Gasteiger partial charge in [-0.25, -0.2) is 10.4 Å². The number of carbonyl (C=O) groups excluding carboxylic acids is 1. The quantitative estimate of drug-likeness (QED) is 0.142. The van der Waals surface area contributed by atoms with Crippen molar-refractivity contribution in [2.45, 2.75) is 6.61 Å². The molecule has 5 aromatic rings. The van der Waals surface area contributed by atoms with Gasteiger partial charge in [-0.1, -0.05) is 88.2 Å². The smallest absolute Gasteiger partial charge is 0.272 e. The lowest BCUT2D eigenvalue weighted by Gasteiger charge is -2.12. The van der Waals surface area contributed by atoms with Crippen LogP contribution in [0.2, 0.25) is 5.02 Å². The third-order valence-electron chi connectivity index (χ3n) is 5.73. The molecule has 0 aliphatic carbocycles. The van der Waals surface area contributed by atoms with Crippen molar-refractivity contribution in [2.24, 2.45) is 5.10 Å².